The van der Waals surface area contributed by atoms with Gasteiger partial charge in [0.1, 0.15) is 0 Å². The largest absolute Gasteiger partial charge is 0.308 e. The average molecular weight is 335 g/mol. The summed E-state index contributed by atoms with van der Waals surface area (Å²) in [5.74, 6) is 1.18. The van der Waals surface area contributed by atoms with Crippen LogP contribution in [-0.4, -0.2) is 15.2 Å². The standard InChI is InChI=1S/C11H15BrN2O3S/c1-7(2)8(6-18)4-13-5-9(14(16)17)3-10(12)11(13)15/h3,5,7-8,18H,4,6H2,1-2H3. The van der Waals surface area contributed by atoms with Gasteiger partial charge in [-0.3, -0.25) is 14.9 Å². The molecule has 1 atom stereocenters. The Morgan fingerprint density at radius 2 is 2.17 bits per heavy atom. The third kappa shape index (κ3) is 3.58. The number of rotatable bonds is 5. The fourth-order valence-corrected chi connectivity index (χ4v) is 2.55. The molecule has 0 saturated heterocycles. The quantitative estimate of drug-likeness (QED) is 0.511. The number of thiol groups is 1. The lowest BCUT2D eigenvalue weighted by Crippen LogP contribution is -2.27. The van der Waals surface area contributed by atoms with E-state index in [9.17, 15) is 14.9 Å². The van der Waals surface area contributed by atoms with Crippen LogP contribution in [-0.2, 0) is 6.54 Å². The Morgan fingerprint density at radius 1 is 1.56 bits per heavy atom. The van der Waals surface area contributed by atoms with E-state index in [4.69, 9.17) is 0 Å². The highest BCUT2D eigenvalue weighted by Crippen LogP contribution is 2.18. The third-order valence-corrected chi connectivity index (χ3v) is 3.88. The number of halogens is 1. The molecule has 0 saturated carbocycles. The molecule has 0 spiro atoms. The Hall–Kier alpha value is -0.820. The number of aromatic nitrogens is 1. The smallest absolute Gasteiger partial charge is 0.286 e. The van der Waals surface area contributed by atoms with Gasteiger partial charge in [0.25, 0.3) is 11.2 Å². The number of hydrogen-bond acceptors (Lipinski definition) is 4. The van der Waals surface area contributed by atoms with Crippen molar-refractivity contribution in [3.8, 4) is 0 Å². The van der Waals surface area contributed by atoms with Crippen molar-refractivity contribution in [2.45, 2.75) is 20.4 Å². The van der Waals surface area contributed by atoms with Crippen molar-refractivity contribution in [1.29, 1.82) is 0 Å². The van der Waals surface area contributed by atoms with Crippen LogP contribution < -0.4 is 5.56 Å². The predicted molar refractivity (Wildman–Crippen MR) is 77.2 cm³/mol. The monoisotopic (exact) mass is 334 g/mol. The first-order valence-electron chi connectivity index (χ1n) is 5.52. The molecule has 7 heteroatoms. The molecule has 0 bridgehead atoms. The molecule has 1 rings (SSSR count). The molecule has 5 nitrogen and oxygen atoms in total. The summed E-state index contributed by atoms with van der Waals surface area (Å²) < 4.78 is 1.58. The van der Waals surface area contributed by atoms with Crippen molar-refractivity contribution in [1.82, 2.24) is 4.57 Å². The molecule has 0 N–H and O–H groups in total. The minimum absolute atomic E-state index is 0.0943. The van der Waals surface area contributed by atoms with Gasteiger partial charge in [0.05, 0.1) is 15.6 Å². The fourth-order valence-electron chi connectivity index (χ4n) is 1.55. The highest BCUT2D eigenvalue weighted by atomic mass is 79.9. The zero-order valence-electron chi connectivity index (χ0n) is 10.2. The molecule has 1 heterocycles. The van der Waals surface area contributed by atoms with Gasteiger partial charge in [-0.2, -0.15) is 12.6 Å². The van der Waals surface area contributed by atoms with Crippen molar-refractivity contribution in [3.63, 3.8) is 0 Å². The van der Waals surface area contributed by atoms with E-state index in [0.29, 0.717) is 18.2 Å². The summed E-state index contributed by atoms with van der Waals surface area (Å²) in [6, 6.07) is 1.23. The minimum atomic E-state index is -0.508. The second-order valence-electron chi connectivity index (χ2n) is 4.45. The van der Waals surface area contributed by atoms with Crippen molar-refractivity contribution >= 4 is 34.2 Å². The Morgan fingerprint density at radius 3 is 2.61 bits per heavy atom. The van der Waals surface area contributed by atoms with Gasteiger partial charge in [0.15, 0.2) is 0 Å². The van der Waals surface area contributed by atoms with Crippen molar-refractivity contribution in [2.24, 2.45) is 11.8 Å². The molecule has 0 aliphatic carbocycles. The van der Waals surface area contributed by atoms with Gasteiger partial charge in [-0.05, 0) is 33.5 Å². The molecule has 0 amide bonds. The second kappa shape index (κ2) is 6.38. The number of pyridine rings is 1. The number of nitro groups is 1. The maximum Gasteiger partial charge on any atom is 0.286 e. The average Bonchev–Trinajstić information content (AvgIpc) is 2.30. The molecule has 18 heavy (non-hydrogen) atoms. The highest BCUT2D eigenvalue weighted by Gasteiger charge is 2.17. The SMILES string of the molecule is CC(C)C(CS)Cn1cc([N+](=O)[O-])cc(Br)c1=O. The first-order valence-corrected chi connectivity index (χ1v) is 6.94. The first kappa shape index (κ1) is 15.2. The maximum absolute atomic E-state index is 11.9. The number of nitrogens with zero attached hydrogens (tertiary/aromatic N) is 2. The van der Waals surface area contributed by atoms with Gasteiger partial charge in [-0.15, -0.1) is 0 Å². The van der Waals surface area contributed by atoms with Crippen LogP contribution in [0.3, 0.4) is 0 Å². The first-order chi connectivity index (χ1) is 8.36. The summed E-state index contributed by atoms with van der Waals surface area (Å²) in [6.07, 6.45) is 1.28. The molecular weight excluding hydrogens is 320 g/mol. The topological polar surface area (TPSA) is 65.1 Å². The van der Waals surface area contributed by atoms with Crippen LogP contribution in [0, 0.1) is 22.0 Å². The Balaban J connectivity index is 3.15. The summed E-state index contributed by atoms with van der Waals surface area (Å²) in [4.78, 5) is 22.1. The molecular formula is C11H15BrN2O3S. The third-order valence-electron chi connectivity index (χ3n) is 2.85. The van der Waals surface area contributed by atoms with Gasteiger partial charge >= 0.3 is 0 Å². The summed E-state index contributed by atoms with van der Waals surface area (Å²) in [5, 5.41) is 10.8. The predicted octanol–water partition coefficient (Wildman–Crippen LogP) is 2.72. The fraction of sp³-hybridized carbons (Fsp3) is 0.545. The van der Waals surface area contributed by atoms with Crippen LogP contribution in [0.15, 0.2) is 21.5 Å². The molecule has 1 unspecified atom stereocenters. The molecule has 0 aromatic carbocycles. The van der Waals surface area contributed by atoms with Crippen molar-refractivity contribution in [3.05, 3.63) is 37.2 Å². The van der Waals surface area contributed by atoms with Gasteiger partial charge in [-0.25, -0.2) is 0 Å². The molecule has 1 aromatic heterocycles. The van der Waals surface area contributed by atoms with Crippen LogP contribution in [0.1, 0.15) is 13.8 Å². The van der Waals surface area contributed by atoms with Crippen LogP contribution in [0.4, 0.5) is 5.69 Å². The van der Waals surface area contributed by atoms with E-state index < -0.39 is 4.92 Å². The molecule has 1 aromatic rings. The van der Waals surface area contributed by atoms with Gasteiger partial charge in [-0.1, -0.05) is 13.8 Å². The zero-order chi connectivity index (χ0) is 13.9. The second-order valence-corrected chi connectivity index (χ2v) is 5.67. The van der Waals surface area contributed by atoms with Gasteiger partial charge < -0.3 is 4.57 Å². The van der Waals surface area contributed by atoms with Crippen LogP contribution >= 0.6 is 28.6 Å². The van der Waals surface area contributed by atoms with Crippen molar-refractivity contribution < 1.29 is 4.92 Å². The van der Waals surface area contributed by atoms with E-state index in [1.807, 2.05) is 13.8 Å². The molecule has 0 fully saturated rings. The zero-order valence-corrected chi connectivity index (χ0v) is 12.6. The number of hydrogen-bond donors (Lipinski definition) is 1. The summed E-state index contributed by atoms with van der Waals surface area (Å²) in [5.41, 5.74) is -0.351. The summed E-state index contributed by atoms with van der Waals surface area (Å²) in [7, 11) is 0. The lowest BCUT2D eigenvalue weighted by molar-refractivity contribution is -0.385. The maximum atomic E-state index is 11.9. The van der Waals surface area contributed by atoms with E-state index in [-0.39, 0.29) is 21.6 Å². The highest BCUT2D eigenvalue weighted by molar-refractivity contribution is 9.10. The molecule has 0 aliphatic rings. The minimum Gasteiger partial charge on any atom is -0.308 e. The lowest BCUT2D eigenvalue weighted by Gasteiger charge is -2.19. The Labute approximate surface area is 119 Å². The van der Waals surface area contributed by atoms with E-state index in [1.54, 1.807) is 0 Å². The van der Waals surface area contributed by atoms with Crippen molar-refractivity contribution in [2.75, 3.05) is 5.75 Å². The van der Waals surface area contributed by atoms with E-state index in [1.165, 1.54) is 16.8 Å². The Kier molecular flexibility index (Phi) is 5.40. The summed E-state index contributed by atoms with van der Waals surface area (Å²) >= 11 is 7.31. The normalized spacial score (nSPS) is 12.7. The Bertz CT molecular complexity index is 502. The van der Waals surface area contributed by atoms with E-state index in [2.05, 4.69) is 28.6 Å². The molecule has 0 aliphatic heterocycles. The summed E-state index contributed by atoms with van der Waals surface area (Å²) in [6.45, 7) is 4.51. The molecule has 100 valence electrons. The van der Waals surface area contributed by atoms with Crippen LogP contribution in [0.2, 0.25) is 0 Å². The lowest BCUT2D eigenvalue weighted by atomic mass is 9.98. The van der Waals surface area contributed by atoms with Gasteiger partial charge in [0, 0.05) is 12.6 Å². The van der Waals surface area contributed by atoms with E-state index in [0.717, 1.165) is 0 Å². The van der Waals surface area contributed by atoms with Crippen LogP contribution in [0.25, 0.3) is 0 Å². The van der Waals surface area contributed by atoms with Crippen LogP contribution in [0.5, 0.6) is 0 Å². The van der Waals surface area contributed by atoms with Gasteiger partial charge in [0.2, 0.25) is 0 Å². The molecule has 0 radical (unpaired) electrons. The van der Waals surface area contributed by atoms with E-state index >= 15 is 0 Å².